The first kappa shape index (κ1) is 17.8. The Kier molecular flexibility index (Phi) is 4.96. The van der Waals surface area contributed by atoms with Gasteiger partial charge in [-0.3, -0.25) is 25.7 Å². The van der Waals surface area contributed by atoms with Gasteiger partial charge >= 0.3 is 6.18 Å². The van der Waals surface area contributed by atoms with Crippen LogP contribution < -0.4 is 5.43 Å². The Hall–Kier alpha value is -3.50. The summed E-state index contributed by atoms with van der Waals surface area (Å²) < 4.78 is 37.9. The number of hydrogen-bond acceptors (Lipinski definition) is 6. The van der Waals surface area contributed by atoms with Crippen LogP contribution in [-0.4, -0.2) is 16.1 Å². The van der Waals surface area contributed by atoms with Crippen LogP contribution in [0.1, 0.15) is 11.1 Å². The largest absolute Gasteiger partial charge is 0.416 e. The number of rotatable bonds is 5. The van der Waals surface area contributed by atoms with Gasteiger partial charge in [0.2, 0.25) is 0 Å². The van der Waals surface area contributed by atoms with E-state index in [9.17, 15) is 33.4 Å². The summed E-state index contributed by atoms with van der Waals surface area (Å²) in [5, 5.41) is 25.4. The maximum atomic E-state index is 12.6. The topological polar surface area (TPSA) is 111 Å². The number of hydrazone groups is 1. The smallest absolute Gasteiger partial charge is 0.272 e. The summed E-state index contributed by atoms with van der Waals surface area (Å²) in [6, 6.07) is 7.50. The number of nitro groups is 2. The Morgan fingerprint density at radius 2 is 1.64 bits per heavy atom. The number of nitrogens with zero attached hydrogens (tertiary/aromatic N) is 3. The van der Waals surface area contributed by atoms with Gasteiger partial charge < -0.3 is 0 Å². The molecular formula is C14H9F3N4O4. The number of para-hydroxylation sites is 1. The first-order valence-corrected chi connectivity index (χ1v) is 6.58. The van der Waals surface area contributed by atoms with Crippen LogP contribution in [-0.2, 0) is 6.18 Å². The zero-order valence-corrected chi connectivity index (χ0v) is 12.2. The van der Waals surface area contributed by atoms with E-state index in [1.165, 1.54) is 24.3 Å². The van der Waals surface area contributed by atoms with Gasteiger partial charge in [0, 0.05) is 12.1 Å². The molecule has 0 fully saturated rings. The van der Waals surface area contributed by atoms with Crippen molar-refractivity contribution in [2.24, 2.45) is 5.10 Å². The number of nitro benzene ring substituents is 2. The highest BCUT2D eigenvalue weighted by atomic mass is 19.4. The van der Waals surface area contributed by atoms with Crippen LogP contribution in [0.25, 0.3) is 0 Å². The molecule has 0 aliphatic heterocycles. The first-order chi connectivity index (χ1) is 11.7. The third-order valence-corrected chi connectivity index (χ3v) is 3.04. The number of anilines is 1. The molecule has 0 saturated heterocycles. The molecule has 0 aliphatic carbocycles. The third kappa shape index (κ3) is 4.28. The number of nitrogens with one attached hydrogen (secondary N) is 1. The minimum absolute atomic E-state index is 0.120. The van der Waals surface area contributed by atoms with E-state index < -0.39 is 27.3 Å². The molecule has 130 valence electrons. The van der Waals surface area contributed by atoms with E-state index >= 15 is 0 Å². The highest BCUT2D eigenvalue weighted by Gasteiger charge is 2.33. The minimum Gasteiger partial charge on any atom is -0.272 e. The van der Waals surface area contributed by atoms with E-state index in [2.05, 4.69) is 10.5 Å². The summed E-state index contributed by atoms with van der Waals surface area (Å²) in [7, 11) is 0. The first-order valence-electron chi connectivity index (χ1n) is 6.58. The highest BCUT2D eigenvalue weighted by Crippen LogP contribution is 2.34. The molecule has 0 bridgehead atoms. The second-order valence-corrected chi connectivity index (χ2v) is 4.67. The summed E-state index contributed by atoms with van der Waals surface area (Å²) in [5.74, 6) is 0. The molecule has 2 aromatic rings. The fraction of sp³-hybridized carbons (Fsp3) is 0.0714. The molecule has 2 aromatic carbocycles. The quantitative estimate of drug-likeness (QED) is 0.496. The molecule has 0 heterocycles. The van der Waals surface area contributed by atoms with Crippen LogP contribution in [0.3, 0.4) is 0 Å². The standard InChI is InChI=1S/C14H9F3N4O4/c15-14(16,17)10-5-6-11(13(7-10)21(24)25)19-18-8-9-3-1-2-4-12(9)20(22)23/h1-8,19H/b18-8-. The molecule has 0 aliphatic rings. The van der Waals surface area contributed by atoms with E-state index in [-0.39, 0.29) is 16.9 Å². The average Bonchev–Trinajstić information content (AvgIpc) is 2.54. The molecule has 0 radical (unpaired) electrons. The lowest BCUT2D eigenvalue weighted by Gasteiger charge is -2.08. The van der Waals surface area contributed by atoms with Crippen molar-refractivity contribution in [2.75, 3.05) is 5.43 Å². The van der Waals surface area contributed by atoms with Crippen LogP contribution in [0, 0.1) is 20.2 Å². The van der Waals surface area contributed by atoms with Crippen LogP contribution in [0.2, 0.25) is 0 Å². The van der Waals surface area contributed by atoms with Gasteiger partial charge in [-0.15, -0.1) is 0 Å². The number of halogens is 3. The molecule has 1 N–H and O–H groups in total. The van der Waals surface area contributed by atoms with Crippen molar-refractivity contribution in [1.82, 2.24) is 0 Å². The SMILES string of the molecule is O=[N+]([O-])c1ccccc1/C=N\Nc1ccc(C(F)(F)F)cc1[N+](=O)[O-]. The molecule has 0 atom stereocenters. The normalized spacial score (nSPS) is 11.5. The number of alkyl halides is 3. The van der Waals surface area contributed by atoms with E-state index in [1.807, 2.05) is 0 Å². The van der Waals surface area contributed by atoms with E-state index in [1.54, 1.807) is 0 Å². The van der Waals surface area contributed by atoms with Gasteiger partial charge in [-0.05, 0) is 18.2 Å². The molecule has 11 heteroatoms. The van der Waals surface area contributed by atoms with Crippen molar-refractivity contribution in [3.63, 3.8) is 0 Å². The van der Waals surface area contributed by atoms with Crippen LogP contribution in [0.15, 0.2) is 47.6 Å². The van der Waals surface area contributed by atoms with Crippen molar-refractivity contribution < 1.29 is 23.0 Å². The number of hydrogen-bond donors (Lipinski definition) is 1. The summed E-state index contributed by atoms with van der Waals surface area (Å²) in [4.78, 5) is 20.2. The minimum atomic E-state index is -4.72. The van der Waals surface area contributed by atoms with Gasteiger partial charge in [0.25, 0.3) is 11.4 Å². The molecular weight excluding hydrogens is 345 g/mol. The predicted molar refractivity (Wildman–Crippen MR) is 82.4 cm³/mol. The van der Waals surface area contributed by atoms with Gasteiger partial charge in [0.15, 0.2) is 0 Å². The molecule has 2 rings (SSSR count). The fourth-order valence-corrected chi connectivity index (χ4v) is 1.89. The Morgan fingerprint density at radius 1 is 1.00 bits per heavy atom. The van der Waals surface area contributed by atoms with E-state index in [4.69, 9.17) is 0 Å². The Labute approximate surface area is 137 Å². The molecule has 0 unspecified atom stereocenters. The second-order valence-electron chi connectivity index (χ2n) is 4.67. The summed E-state index contributed by atoms with van der Waals surface area (Å²) in [6.07, 6.45) is -3.68. The Morgan fingerprint density at radius 3 is 2.24 bits per heavy atom. The van der Waals surface area contributed by atoms with Gasteiger partial charge in [0.1, 0.15) is 5.69 Å². The number of benzene rings is 2. The van der Waals surface area contributed by atoms with Crippen molar-refractivity contribution in [1.29, 1.82) is 0 Å². The Balaban J connectivity index is 2.29. The molecule has 0 spiro atoms. The zero-order chi connectivity index (χ0) is 18.6. The molecule has 0 amide bonds. The predicted octanol–water partition coefficient (Wildman–Crippen LogP) is 3.97. The van der Waals surface area contributed by atoms with Crippen molar-refractivity contribution in [2.45, 2.75) is 6.18 Å². The van der Waals surface area contributed by atoms with Gasteiger partial charge in [0.05, 0.1) is 27.2 Å². The lowest BCUT2D eigenvalue weighted by molar-refractivity contribution is -0.385. The zero-order valence-electron chi connectivity index (χ0n) is 12.2. The van der Waals surface area contributed by atoms with Crippen LogP contribution >= 0.6 is 0 Å². The summed E-state index contributed by atoms with van der Waals surface area (Å²) in [6.45, 7) is 0. The van der Waals surface area contributed by atoms with E-state index in [0.717, 1.165) is 12.3 Å². The average molecular weight is 354 g/mol. The van der Waals surface area contributed by atoms with Crippen molar-refractivity contribution in [3.05, 3.63) is 73.8 Å². The summed E-state index contributed by atoms with van der Waals surface area (Å²) >= 11 is 0. The third-order valence-electron chi connectivity index (χ3n) is 3.04. The Bertz CT molecular complexity index is 852. The fourth-order valence-electron chi connectivity index (χ4n) is 1.89. The lowest BCUT2D eigenvalue weighted by atomic mass is 10.1. The lowest BCUT2D eigenvalue weighted by Crippen LogP contribution is -2.06. The van der Waals surface area contributed by atoms with Crippen LogP contribution in [0.5, 0.6) is 0 Å². The molecule has 0 aromatic heterocycles. The van der Waals surface area contributed by atoms with Gasteiger partial charge in [-0.25, -0.2) is 0 Å². The molecule has 8 nitrogen and oxygen atoms in total. The second kappa shape index (κ2) is 6.95. The summed E-state index contributed by atoms with van der Waals surface area (Å²) in [5.41, 5.74) is -0.178. The monoisotopic (exact) mass is 354 g/mol. The van der Waals surface area contributed by atoms with E-state index in [0.29, 0.717) is 12.1 Å². The van der Waals surface area contributed by atoms with Crippen molar-refractivity contribution in [3.8, 4) is 0 Å². The van der Waals surface area contributed by atoms with Gasteiger partial charge in [-0.2, -0.15) is 18.3 Å². The molecule has 0 saturated carbocycles. The maximum absolute atomic E-state index is 12.6. The highest BCUT2D eigenvalue weighted by molar-refractivity contribution is 5.85. The molecule has 25 heavy (non-hydrogen) atoms. The van der Waals surface area contributed by atoms with Gasteiger partial charge in [-0.1, -0.05) is 12.1 Å². The maximum Gasteiger partial charge on any atom is 0.416 e. The van der Waals surface area contributed by atoms with Crippen molar-refractivity contribution >= 4 is 23.3 Å². The van der Waals surface area contributed by atoms with Crippen LogP contribution in [0.4, 0.5) is 30.2 Å².